The second-order valence-electron chi connectivity index (χ2n) is 6.63. The topological polar surface area (TPSA) is 76.5 Å². The molecule has 1 aromatic carbocycles. The Bertz CT molecular complexity index is 1110. The molecule has 2 aliphatic rings. The van der Waals surface area contributed by atoms with Crippen LogP contribution in [0.25, 0.3) is 10.9 Å². The number of nitrogens with zero attached hydrogens (tertiary/aromatic N) is 3. The monoisotopic (exact) mass is 382 g/mol. The molecule has 2 aliphatic heterocycles. The summed E-state index contributed by atoms with van der Waals surface area (Å²) in [5.41, 5.74) is 3.04. The number of carbonyl (C=O) groups excluding carboxylic acids is 2. The van der Waals surface area contributed by atoms with Crippen molar-refractivity contribution in [3.63, 3.8) is 0 Å². The highest BCUT2D eigenvalue weighted by Gasteiger charge is 2.25. The molecule has 7 nitrogen and oxygen atoms in total. The number of pyridine rings is 1. The van der Waals surface area contributed by atoms with Gasteiger partial charge >= 0.3 is 0 Å². The van der Waals surface area contributed by atoms with Crippen LogP contribution in [0.1, 0.15) is 16.1 Å². The third kappa shape index (κ3) is 2.71. The van der Waals surface area contributed by atoms with Gasteiger partial charge in [0.05, 0.1) is 12.1 Å². The van der Waals surface area contributed by atoms with Gasteiger partial charge in [-0.2, -0.15) is 0 Å². The van der Waals surface area contributed by atoms with Crippen LogP contribution in [0.5, 0.6) is 5.88 Å². The van der Waals surface area contributed by atoms with E-state index in [4.69, 9.17) is 16.3 Å². The van der Waals surface area contributed by atoms with Crippen molar-refractivity contribution in [3.05, 3.63) is 52.8 Å². The Morgan fingerprint density at radius 2 is 2.11 bits per heavy atom. The number of anilines is 1. The molecular formula is C19H15ClN4O3. The van der Waals surface area contributed by atoms with Crippen molar-refractivity contribution in [2.45, 2.75) is 13.1 Å². The number of halogens is 1. The van der Waals surface area contributed by atoms with Crippen molar-refractivity contribution < 1.29 is 14.3 Å². The minimum Gasteiger partial charge on any atom is -0.466 e. The number of fused-ring (bicyclic) bond motifs is 4. The van der Waals surface area contributed by atoms with Gasteiger partial charge in [-0.15, -0.1) is 0 Å². The van der Waals surface area contributed by atoms with Crippen LogP contribution in [0, 0.1) is 0 Å². The molecule has 3 aromatic rings. The lowest BCUT2D eigenvalue weighted by Gasteiger charge is -2.29. The molecule has 0 aliphatic carbocycles. The van der Waals surface area contributed by atoms with E-state index in [9.17, 15) is 9.59 Å². The van der Waals surface area contributed by atoms with Crippen molar-refractivity contribution in [3.8, 4) is 5.88 Å². The van der Waals surface area contributed by atoms with Crippen molar-refractivity contribution >= 4 is 40.0 Å². The Hall–Kier alpha value is -3.06. The third-order valence-electron chi connectivity index (χ3n) is 4.89. The minimum absolute atomic E-state index is 0.0615. The number of benzene rings is 1. The van der Waals surface area contributed by atoms with Gasteiger partial charge in [-0.05, 0) is 30.3 Å². The van der Waals surface area contributed by atoms with E-state index in [1.807, 2.05) is 18.2 Å². The van der Waals surface area contributed by atoms with Crippen LogP contribution in [0.15, 0.2) is 36.5 Å². The summed E-state index contributed by atoms with van der Waals surface area (Å²) in [6.07, 6.45) is 1.49. The van der Waals surface area contributed by atoms with E-state index in [2.05, 4.69) is 20.9 Å². The first kappa shape index (κ1) is 16.1. The number of hydrogen-bond acceptors (Lipinski definition) is 4. The minimum atomic E-state index is -0.255. The van der Waals surface area contributed by atoms with Gasteiger partial charge in [0.25, 0.3) is 11.8 Å². The quantitative estimate of drug-likeness (QED) is 0.702. The Balaban J connectivity index is 1.43. The van der Waals surface area contributed by atoms with Gasteiger partial charge in [-0.1, -0.05) is 11.6 Å². The number of rotatable bonds is 1. The van der Waals surface area contributed by atoms with E-state index < -0.39 is 0 Å². The van der Waals surface area contributed by atoms with E-state index in [-0.39, 0.29) is 18.4 Å². The van der Waals surface area contributed by atoms with E-state index in [1.54, 1.807) is 11.0 Å². The second kappa shape index (κ2) is 5.99. The Kier molecular flexibility index (Phi) is 3.58. The molecule has 0 saturated carbocycles. The first-order valence-electron chi connectivity index (χ1n) is 8.58. The van der Waals surface area contributed by atoms with Gasteiger partial charge < -0.3 is 19.5 Å². The van der Waals surface area contributed by atoms with Crippen LogP contribution in [-0.4, -0.2) is 39.4 Å². The summed E-state index contributed by atoms with van der Waals surface area (Å²) < 4.78 is 7.46. The molecule has 0 radical (unpaired) electrons. The zero-order chi connectivity index (χ0) is 18.5. The maximum atomic E-state index is 12.9. The number of aromatic nitrogens is 2. The number of nitrogens with one attached hydrogen (secondary N) is 1. The molecule has 0 fully saturated rings. The second-order valence-corrected chi connectivity index (χ2v) is 7.07. The Morgan fingerprint density at radius 3 is 3.00 bits per heavy atom. The average molecular weight is 383 g/mol. The van der Waals surface area contributed by atoms with E-state index in [0.29, 0.717) is 41.8 Å². The highest BCUT2D eigenvalue weighted by molar-refractivity contribution is 6.31. The standard InChI is InChI=1S/C19H15ClN4O3/c20-13-1-2-16-11(5-13)6-14-9-23(3-4-24(14)16)19(26)12-7-15-18(21-8-12)27-10-17(25)22-15/h1-2,5-8H,3-4,9-10H2,(H,22,25). The molecule has 27 heavy (non-hydrogen) atoms. The maximum absolute atomic E-state index is 12.9. The summed E-state index contributed by atoms with van der Waals surface area (Å²) in [6, 6.07) is 9.51. The summed E-state index contributed by atoms with van der Waals surface area (Å²) in [5.74, 6) is -0.0449. The van der Waals surface area contributed by atoms with Crippen molar-refractivity contribution in [2.24, 2.45) is 0 Å². The molecule has 0 spiro atoms. The van der Waals surface area contributed by atoms with Gasteiger partial charge in [0, 0.05) is 40.9 Å². The SMILES string of the molecule is O=C1COc2ncc(C(=O)N3CCn4c(cc5cc(Cl)ccc54)C3)cc2N1. The molecule has 4 heterocycles. The van der Waals surface area contributed by atoms with Crippen LogP contribution in [-0.2, 0) is 17.9 Å². The first-order valence-corrected chi connectivity index (χ1v) is 8.96. The molecule has 2 aromatic heterocycles. The summed E-state index contributed by atoms with van der Waals surface area (Å²) in [7, 11) is 0. The van der Waals surface area contributed by atoms with Gasteiger partial charge in [0.2, 0.25) is 5.88 Å². The summed E-state index contributed by atoms with van der Waals surface area (Å²) >= 11 is 6.09. The first-order chi connectivity index (χ1) is 13.1. The normalized spacial score (nSPS) is 15.7. The van der Waals surface area contributed by atoms with E-state index >= 15 is 0 Å². The fourth-order valence-corrected chi connectivity index (χ4v) is 3.82. The third-order valence-corrected chi connectivity index (χ3v) is 5.13. The van der Waals surface area contributed by atoms with Crippen molar-refractivity contribution in [1.29, 1.82) is 0 Å². The van der Waals surface area contributed by atoms with Crippen LogP contribution < -0.4 is 10.1 Å². The summed E-state index contributed by atoms with van der Waals surface area (Å²) in [6.45, 7) is 1.75. The number of amides is 2. The summed E-state index contributed by atoms with van der Waals surface area (Å²) in [4.78, 5) is 30.4. The zero-order valence-corrected chi connectivity index (χ0v) is 15.0. The fourth-order valence-electron chi connectivity index (χ4n) is 3.64. The molecule has 0 saturated heterocycles. The largest absolute Gasteiger partial charge is 0.466 e. The lowest BCUT2D eigenvalue weighted by Crippen LogP contribution is -2.38. The maximum Gasteiger partial charge on any atom is 0.262 e. The van der Waals surface area contributed by atoms with Crippen LogP contribution in [0.3, 0.4) is 0 Å². The molecule has 0 bridgehead atoms. The Morgan fingerprint density at radius 1 is 1.22 bits per heavy atom. The molecule has 0 unspecified atom stereocenters. The molecule has 0 atom stereocenters. The molecule has 2 amide bonds. The van der Waals surface area contributed by atoms with E-state index in [0.717, 1.165) is 16.6 Å². The average Bonchev–Trinajstić information content (AvgIpc) is 3.03. The van der Waals surface area contributed by atoms with Gasteiger partial charge in [-0.3, -0.25) is 9.59 Å². The predicted molar refractivity (Wildman–Crippen MR) is 100 cm³/mol. The van der Waals surface area contributed by atoms with Gasteiger partial charge in [0.15, 0.2) is 6.61 Å². The lowest BCUT2D eigenvalue weighted by atomic mass is 10.2. The smallest absolute Gasteiger partial charge is 0.262 e. The molecule has 1 N–H and O–H groups in total. The van der Waals surface area contributed by atoms with Crippen molar-refractivity contribution in [2.75, 3.05) is 18.5 Å². The number of ether oxygens (including phenoxy) is 1. The Labute approximate surface area is 159 Å². The van der Waals surface area contributed by atoms with Crippen molar-refractivity contribution in [1.82, 2.24) is 14.5 Å². The van der Waals surface area contributed by atoms with E-state index in [1.165, 1.54) is 6.20 Å². The van der Waals surface area contributed by atoms with Crippen LogP contribution in [0.4, 0.5) is 5.69 Å². The lowest BCUT2D eigenvalue weighted by molar-refractivity contribution is -0.118. The summed E-state index contributed by atoms with van der Waals surface area (Å²) in [5, 5.41) is 4.45. The molecule has 8 heteroatoms. The zero-order valence-electron chi connectivity index (χ0n) is 14.2. The predicted octanol–water partition coefficient (Wildman–Crippen LogP) is 2.68. The number of hydrogen-bond donors (Lipinski definition) is 1. The molecular weight excluding hydrogens is 368 g/mol. The van der Waals surface area contributed by atoms with Crippen LogP contribution in [0.2, 0.25) is 5.02 Å². The highest BCUT2D eigenvalue weighted by atomic mass is 35.5. The molecule has 5 rings (SSSR count). The highest BCUT2D eigenvalue weighted by Crippen LogP contribution is 2.29. The molecule has 136 valence electrons. The number of carbonyl (C=O) groups is 2. The fraction of sp³-hybridized carbons (Fsp3) is 0.211. The van der Waals surface area contributed by atoms with Gasteiger partial charge in [0.1, 0.15) is 5.69 Å². The van der Waals surface area contributed by atoms with Gasteiger partial charge in [-0.25, -0.2) is 4.98 Å². The van der Waals surface area contributed by atoms with Crippen LogP contribution >= 0.6 is 11.6 Å².